The van der Waals surface area contributed by atoms with Gasteiger partial charge in [0.15, 0.2) is 0 Å². The number of unbranched alkanes of at least 4 members (excludes halogenated alkanes) is 1. The fourth-order valence-corrected chi connectivity index (χ4v) is 2.65. The molecule has 1 saturated heterocycles. The lowest BCUT2D eigenvalue weighted by Gasteiger charge is -2.32. The molecule has 0 aromatic carbocycles. The van der Waals surface area contributed by atoms with Crippen LogP contribution in [-0.4, -0.2) is 77.8 Å². The molecule has 6 nitrogen and oxygen atoms in total. The van der Waals surface area contributed by atoms with Crippen molar-refractivity contribution in [2.75, 3.05) is 57.8 Å². The van der Waals surface area contributed by atoms with Gasteiger partial charge in [-0.25, -0.2) is 9.97 Å². The van der Waals surface area contributed by atoms with Crippen molar-refractivity contribution in [3.8, 4) is 0 Å². The van der Waals surface area contributed by atoms with Crippen LogP contribution in [0.15, 0.2) is 12.4 Å². The Balaban J connectivity index is 1.90. The molecule has 1 aromatic heterocycles. The van der Waals surface area contributed by atoms with Crippen LogP contribution in [-0.2, 0) is 6.54 Å². The second kappa shape index (κ2) is 9.02. The first-order valence-electron chi connectivity index (χ1n) is 8.30. The van der Waals surface area contributed by atoms with E-state index in [0.717, 1.165) is 57.2 Å². The molecule has 0 radical (unpaired) electrons. The molecule has 1 aromatic rings. The predicted molar refractivity (Wildman–Crippen MR) is 89.0 cm³/mol. The summed E-state index contributed by atoms with van der Waals surface area (Å²) in [6.45, 7) is 9.01. The van der Waals surface area contributed by atoms with Crippen LogP contribution in [0, 0.1) is 0 Å². The predicted octanol–water partition coefficient (Wildman–Crippen LogP) is 0.823. The number of aliphatic hydroxyl groups is 1. The first kappa shape index (κ1) is 17.1. The Morgan fingerprint density at radius 3 is 2.41 bits per heavy atom. The Bertz CT molecular complexity index is 417. The maximum absolute atomic E-state index is 9.17. The van der Waals surface area contributed by atoms with Gasteiger partial charge in [-0.2, -0.15) is 0 Å². The Hall–Kier alpha value is -1.24. The van der Waals surface area contributed by atoms with Gasteiger partial charge in [0, 0.05) is 57.2 Å². The van der Waals surface area contributed by atoms with Crippen molar-refractivity contribution in [3.05, 3.63) is 18.0 Å². The average molecular weight is 307 g/mol. The summed E-state index contributed by atoms with van der Waals surface area (Å²) in [7, 11) is 2.15. The summed E-state index contributed by atoms with van der Waals surface area (Å²) in [6.07, 6.45) is 6.18. The number of piperazine rings is 1. The van der Waals surface area contributed by atoms with Crippen molar-refractivity contribution in [3.63, 3.8) is 0 Å². The molecule has 0 aliphatic carbocycles. The third-order valence-corrected chi connectivity index (χ3v) is 4.13. The molecule has 0 atom stereocenters. The lowest BCUT2D eigenvalue weighted by Crippen LogP contribution is -2.45. The largest absolute Gasteiger partial charge is 0.395 e. The Kier molecular flexibility index (Phi) is 7.02. The number of nitrogens with zero attached hydrogens (tertiary/aromatic N) is 5. The van der Waals surface area contributed by atoms with Crippen LogP contribution >= 0.6 is 0 Å². The van der Waals surface area contributed by atoms with Crippen LogP contribution in [0.2, 0.25) is 0 Å². The van der Waals surface area contributed by atoms with E-state index in [9.17, 15) is 0 Å². The maximum Gasteiger partial charge on any atom is 0.225 e. The summed E-state index contributed by atoms with van der Waals surface area (Å²) in [6, 6.07) is 0. The first-order valence-corrected chi connectivity index (χ1v) is 8.30. The minimum Gasteiger partial charge on any atom is -0.395 e. The smallest absolute Gasteiger partial charge is 0.225 e. The zero-order chi connectivity index (χ0) is 15.8. The molecule has 6 heteroatoms. The molecule has 124 valence electrons. The average Bonchev–Trinajstić information content (AvgIpc) is 2.54. The topological polar surface area (TPSA) is 55.7 Å². The van der Waals surface area contributed by atoms with Crippen molar-refractivity contribution in [1.82, 2.24) is 19.8 Å². The van der Waals surface area contributed by atoms with Crippen molar-refractivity contribution < 1.29 is 5.11 Å². The van der Waals surface area contributed by atoms with Gasteiger partial charge in [-0.15, -0.1) is 0 Å². The number of likely N-dealkylation sites (N-methyl/N-ethyl adjacent to an activating group) is 1. The molecule has 2 heterocycles. The van der Waals surface area contributed by atoms with Crippen LogP contribution in [0.25, 0.3) is 0 Å². The van der Waals surface area contributed by atoms with Gasteiger partial charge in [-0.05, 0) is 20.0 Å². The van der Waals surface area contributed by atoms with E-state index in [1.54, 1.807) is 0 Å². The van der Waals surface area contributed by atoms with Crippen LogP contribution in [0.1, 0.15) is 25.3 Å². The molecular weight excluding hydrogens is 278 g/mol. The van der Waals surface area contributed by atoms with Gasteiger partial charge in [0.2, 0.25) is 5.95 Å². The molecule has 0 amide bonds. The summed E-state index contributed by atoms with van der Waals surface area (Å²) >= 11 is 0. The number of aliphatic hydroxyl groups excluding tert-OH is 1. The molecule has 0 unspecified atom stereocenters. The fourth-order valence-electron chi connectivity index (χ4n) is 2.65. The zero-order valence-electron chi connectivity index (χ0n) is 13.9. The minimum atomic E-state index is 0.198. The van der Waals surface area contributed by atoms with Gasteiger partial charge in [-0.3, -0.25) is 4.90 Å². The van der Waals surface area contributed by atoms with Gasteiger partial charge in [-0.1, -0.05) is 13.3 Å². The fraction of sp³-hybridized carbons (Fsp3) is 0.750. The summed E-state index contributed by atoms with van der Waals surface area (Å²) in [5.41, 5.74) is 1.11. The summed E-state index contributed by atoms with van der Waals surface area (Å²) in [5, 5.41) is 9.17. The van der Waals surface area contributed by atoms with E-state index < -0.39 is 0 Å². The first-order chi connectivity index (χ1) is 10.7. The van der Waals surface area contributed by atoms with E-state index in [1.807, 2.05) is 12.4 Å². The van der Waals surface area contributed by atoms with Crippen LogP contribution in [0.3, 0.4) is 0 Å². The molecule has 0 spiro atoms. The number of aromatic nitrogens is 2. The van der Waals surface area contributed by atoms with Crippen molar-refractivity contribution >= 4 is 5.95 Å². The third kappa shape index (κ3) is 5.19. The van der Waals surface area contributed by atoms with E-state index in [-0.39, 0.29) is 6.61 Å². The van der Waals surface area contributed by atoms with E-state index >= 15 is 0 Å². The summed E-state index contributed by atoms with van der Waals surface area (Å²) in [4.78, 5) is 15.9. The maximum atomic E-state index is 9.17. The standard InChI is InChI=1S/C16H29N5O/c1-3-4-5-20(10-11-22)14-15-12-17-16(18-13-15)21-8-6-19(2)7-9-21/h12-13,22H,3-11,14H2,1-2H3. The molecular formula is C16H29N5O. The second-order valence-electron chi connectivity index (χ2n) is 6.03. The SMILES string of the molecule is CCCCN(CCO)Cc1cnc(N2CCN(C)CC2)nc1. The van der Waals surface area contributed by atoms with Gasteiger partial charge in [0.1, 0.15) is 0 Å². The number of rotatable bonds is 8. The molecule has 0 saturated carbocycles. The number of hydrogen-bond donors (Lipinski definition) is 1. The molecule has 22 heavy (non-hydrogen) atoms. The van der Waals surface area contributed by atoms with Gasteiger partial charge in [0.05, 0.1) is 6.61 Å². The highest BCUT2D eigenvalue weighted by Crippen LogP contribution is 2.11. The van der Waals surface area contributed by atoms with Gasteiger partial charge >= 0.3 is 0 Å². The highest BCUT2D eigenvalue weighted by Gasteiger charge is 2.16. The monoisotopic (exact) mass is 307 g/mol. The van der Waals surface area contributed by atoms with Crippen molar-refractivity contribution in [2.24, 2.45) is 0 Å². The number of hydrogen-bond acceptors (Lipinski definition) is 6. The molecule has 1 fully saturated rings. The quantitative estimate of drug-likeness (QED) is 0.767. The number of anilines is 1. The second-order valence-corrected chi connectivity index (χ2v) is 6.03. The van der Waals surface area contributed by atoms with Gasteiger partial charge < -0.3 is 14.9 Å². The summed E-state index contributed by atoms with van der Waals surface area (Å²) < 4.78 is 0. The molecule has 1 aliphatic heterocycles. The summed E-state index contributed by atoms with van der Waals surface area (Å²) in [5.74, 6) is 0.833. The molecule has 0 bridgehead atoms. The van der Waals surface area contributed by atoms with E-state index in [4.69, 9.17) is 5.11 Å². The third-order valence-electron chi connectivity index (χ3n) is 4.13. The molecule has 1 aliphatic rings. The molecule has 1 N–H and O–H groups in total. The van der Waals surface area contributed by atoms with Crippen molar-refractivity contribution in [2.45, 2.75) is 26.3 Å². The lowest BCUT2D eigenvalue weighted by atomic mass is 10.2. The Labute approximate surface area is 133 Å². The lowest BCUT2D eigenvalue weighted by molar-refractivity contribution is 0.188. The Morgan fingerprint density at radius 2 is 1.82 bits per heavy atom. The normalized spacial score (nSPS) is 16.5. The van der Waals surface area contributed by atoms with Crippen LogP contribution in [0.5, 0.6) is 0 Å². The zero-order valence-corrected chi connectivity index (χ0v) is 13.9. The highest BCUT2D eigenvalue weighted by molar-refractivity contribution is 5.30. The van der Waals surface area contributed by atoms with Crippen LogP contribution < -0.4 is 4.90 Å². The van der Waals surface area contributed by atoms with E-state index in [1.165, 1.54) is 6.42 Å². The Morgan fingerprint density at radius 1 is 1.14 bits per heavy atom. The highest BCUT2D eigenvalue weighted by atomic mass is 16.3. The molecule has 2 rings (SSSR count). The van der Waals surface area contributed by atoms with Crippen LogP contribution in [0.4, 0.5) is 5.95 Å². The van der Waals surface area contributed by atoms with E-state index in [2.05, 4.69) is 38.6 Å². The van der Waals surface area contributed by atoms with E-state index in [0.29, 0.717) is 6.54 Å². The minimum absolute atomic E-state index is 0.198. The van der Waals surface area contributed by atoms with Gasteiger partial charge in [0.25, 0.3) is 0 Å². The van der Waals surface area contributed by atoms with Crippen molar-refractivity contribution in [1.29, 1.82) is 0 Å².